The van der Waals surface area contributed by atoms with Crippen molar-refractivity contribution in [2.75, 3.05) is 31.1 Å². The highest BCUT2D eigenvalue weighted by Crippen LogP contribution is 2.31. The standard InChI is InChI=1S/C24H30ClN3O3S/c1-18-16-19-6-2-3-8-23(19)28(18)15-5-13-26-24(29)20-7-4-14-27(17-20)32(30,31)22-11-9-21(25)10-12-22/h2-3,6,8-12,18,20H,4-5,7,13-17H2,1H3,(H,26,29). The summed E-state index contributed by atoms with van der Waals surface area (Å²) in [5.74, 6) is -0.381. The van der Waals surface area contributed by atoms with E-state index in [9.17, 15) is 13.2 Å². The minimum Gasteiger partial charge on any atom is -0.368 e. The van der Waals surface area contributed by atoms with Gasteiger partial charge in [0.2, 0.25) is 15.9 Å². The Balaban J connectivity index is 1.28. The van der Waals surface area contributed by atoms with Crippen molar-refractivity contribution < 1.29 is 13.2 Å². The Morgan fingerprint density at radius 3 is 2.69 bits per heavy atom. The van der Waals surface area contributed by atoms with Crippen molar-refractivity contribution in [2.45, 2.75) is 43.5 Å². The lowest BCUT2D eigenvalue weighted by molar-refractivity contribution is -0.126. The topological polar surface area (TPSA) is 69.7 Å². The number of benzene rings is 2. The van der Waals surface area contributed by atoms with Gasteiger partial charge in [-0.25, -0.2) is 8.42 Å². The largest absolute Gasteiger partial charge is 0.368 e. The van der Waals surface area contributed by atoms with E-state index in [0.29, 0.717) is 37.0 Å². The van der Waals surface area contributed by atoms with E-state index >= 15 is 0 Å². The first-order valence-corrected chi connectivity index (χ1v) is 13.1. The normalized spacial score (nSPS) is 21.4. The van der Waals surface area contributed by atoms with Gasteiger partial charge in [-0.2, -0.15) is 4.31 Å². The number of sulfonamides is 1. The Morgan fingerprint density at radius 2 is 1.91 bits per heavy atom. The second-order valence-corrected chi connectivity index (χ2v) is 11.1. The molecule has 0 saturated carbocycles. The number of rotatable bonds is 7. The number of piperidine rings is 1. The predicted molar refractivity (Wildman–Crippen MR) is 128 cm³/mol. The van der Waals surface area contributed by atoms with Gasteiger partial charge in [0.25, 0.3) is 0 Å². The first-order chi connectivity index (χ1) is 15.4. The SMILES string of the molecule is CC1Cc2ccccc2N1CCCNC(=O)C1CCCN(S(=O)(=O)c2ccc(Cl)cc2)C1. The van der Waals surface area contributed by atoms with Gasteiger partial charge in [-0.15, -0.1) is 0 Å². The molecule has 1 amide bonds. The zero-order valence-electron chi connectivity index (χ0n) is 18.3. The highest BCUT2D eigenvalue weighted by Gasteiger charge is 2.33. The minimum atomic E-state index is -3.63. The van der Waals surface area contributed by atoms with Crippen LogP contribution < -0.4 is 10.2 Å². The van der Waals surface area contributed by atoms with Crippen molar-refractivity contribution in [3.8, 4) is 0 Å². The van der Waals surface area contributed by atoms with Gasteiger partial charge in [-0.3, -0.25) is 4.79 Å². The summed E-state index contributed by atoms with van der Waals surface area (Å²) in [4.78, 5) is 15.4. The van der Waals surface area contributed by atoms with E-state index in [0.717, 1.165) is 19.4 Å². The molecule has 0 aliphatic carbocycles. The molecule has 8 heteroatoms. The van der Waals surface area contributed by atoms with E-state index in [4.69, 9.17) is 11.6 Å². The smallest absolute Gasteiger partial charge is 0.243 e. The maximum atomic E-state index is 13.0. The summed E-state index contributed by atoms with van der Waals surface area (Å²) in [6, 6.07) is 15.1. The monoisotopic (exact) mass is 475 g/mol. The molecule has 1 saturated heterocycles. The molecule has 2 aliphatic rings. The van der Waals surface area contributed by atoms with Crippen LogP contribution in [-0.2, 0) is 21.2 Å². The molecule has 32 heavy (non-hydrogen) atoms. The molecule has 2 heterocycles. The van der Waals surface area contributed by atoms with E-state index in [2.05, 4.69) is 41.4 Å². The van der Waals surface area contributed by atoms with E-state index in [1.54, 1.807) is 12.1 Å². The Hall–Kier alpha value is -2.09. The molecule has 0 aromatic heterocycles. The molecule has 2 aliphatic heterocycles. The van der Waals surface area contributed by atoms with E-state index in [-0.39, 0.29) is 23.3 Å². The van der Waals surface area contributed by atoms with Crippen molar-refractivity contribution >= 4 is 33.2 Å². The molecule has 4 rings (SSSR count). The zero-order valence-corrected chi connectivity index (χ0v) is 19.9. The highest BCUT2D eigenvalue weighted by atomic mass is 35.5. The van der Waals surface area contributed by atoms with E-state index in [1.165, 1.54) is 27.7 Å². The molecule has 6 nitrogen and oxygen atoms in total. The second kappa shape index (κ2) is 9.81. The number of hydrogen-bond acceptors (Lipinski definition) is 4. The zero-order chi connectivity index (χ0) is 22.7. The molecule has 0 bridgehead atoms. The molecule has 1 N–H and O–H groups in total. The number of carbonyl (C=O) groups excluding carboxylic acids is 1. The molecule has 1 fully saturated rings. The number of halogens is 1. The van der Waals surface area contributed by atoms with Crippen molar-refractivity contribution in [1.82, 2.24) is 9.62 Å². The molecule has 2 atom stereocenters. The van der Waals surface area contributed by atoms with Crippen molar-refractivity contribution in [3.63, 3.8) is 0 Å². The maximum Gasteiger partial charge on any atom is 0.243 e. The number of nitrogens with one attached hydrogen (secondary N) is 1. The van der Waals surface area contributed by atoms with Crippen LogP contribution in [0.5, 0.6) is 0 Å². The Morgan fingerprint density at radius 1 is 1.16 bits per heavy atom. The number of nitrogens with zero attached hydrogens (tertiary/aromatic N) is 2. The van der Waals surface area contributed by atoms with Gasteiger partial charge in [0.15, 0.2) is 0 Å². The third-order valence-corrected chi connectivity index (χ3v) is 8.56. The summed E-state index contributed by atoms with van der Waals surface area (Å²) < 4.78 is 27.3. The summed E-state index contributed by atoms with van der Waals surface area (Å²) in [7, 11) is -3.63. The van der Waals surface area contributed by atoms with Crippen molar-refractivity contribution in [3.05, 3.63) is 59.1 Å². The van der Waals surface area contributed by atoms with Gasteiger partial charge in [0.05, 0.1) is 10.8 Å². The first-order valence-electron chi connectivity index (χ1n) is 11.2. The van der Waals surface area contributed by atoms with Gasteiger partial charge in [-0.05, 0) is 68.5 Å². The molecule has 0 radical (unpaired) electrons. The van der Waals surface area contributed by atoms with Crippen LogP contribution in [0, 0.1) is 5.92 Å². The fourth-order valence-corrected chi connectivity index (χ4v) is 6.36. The van der Waals surface area contributed by atoms with Gasteiger partial charge < -0.3 is 10.2 Å². The van der Waals surface area contributed by atoms with Crippen molar-refractivity contribution in [2.24, 2.45) is 5.92 Å². The Bertz CT molecular complexity index is 1060. The summed E-state index contributed by atoms with van der Waals surface area (Å²) in [6.07, 6.45) is 3.29. The predicted octanol–water partition coefficient (Wildman–Crippen LogP) is 3.70. The lowest BCUT2D eigenvalue weighted by Gasteiger charge is -2.31. The third-order valence-electron chi connectivity index (χ3n) is 6.43. The van der Waals surface area contributed by atoms with Gasteiger partial charge in [0, 0.05) is 42.9 Å². The number of anilines is 1. The van der Waals surface area contributed by atoms with E-state index < -0.39 is 10.0 Å². The average Bonchev–Trinajstić information content (AvgIpc) is 3.12. The molecular weight excluding hydrogens is 446 g/mol. The maximum absolute atomic E-state index is 13.0. The molecule has 0 spiro atoms. The van der Waals surface area contributed by atoms with Crippen LogP contribution in [0.2, 0.25) is 5.02 Å². The quantitative estimate of drug-likeness (QED) is 0.620. The Labute approximate surface area is 195 Å². The van der Waals surface area contributed by atoms with Crippen LogP contribution in [0.1, 0.15) is 31.7 Å². The van der Waals surface area contributed by atoms with Crippen LogP contribution in [0.3, 0.4) is 0 Å². The average molecular weight is 476 g/mol. The number of carbonyl (C=O) groups is 1. The van der Waals surface area contributed by atoms with Crippen LogP contribution in [0.25, 0.3) is 0 Å². The summed E-state index contributed by atoms with van der Waals surface area (Å²) in [6.45, 7) is 4.36. The van der Waals surface area contributed by atoms with Gasteiger partial charge in [-0.1, -0.05) is 29.8 Å². The summed E-state index contributed by atoms with van der Waals surface area (Å²) >= 11 is 5.88. The lowest BCUT2D eigenvalue weighted by atomic mass is 9.99. The van der Waals surface area contributed by atoms with Crippen LogP contribution in [0.15, 0.2) is 53.4 Å². The number of amides is 1. The molecular formula is C24H30ClN3O3S. The first kappa shape index (κ1) is 23.1. The van der Waals surface area contributed by atoms with Crippen LogP contribution in [-0.4, -0.2) is 50.9 Å². The number of para-hydroxylation sites is 1. The minimum absolute atomic E-state index is 0.0594. The molecule has 2 aromatic carbocycles. The molecule has 2 aromatic rings. The van der Waals surface area contributed by atoms with Gasteiger partial charge in [0.1, 0.15) is 0 Å². The van der Waals surface area contributed by atoms with Crippen LogP contribution >= 0.6 is 11.6 Å². The fourth-order valence-electron chi connectivity index (χ4n) is 4.71. The van der Waals surface area contributed by atoms with Crippen molar-refractivity contribution in [1.29, 1.82) is 0 Å². The molecule has 172 valence electrons. The number of hydrogen-bond donors (Lipinski definition) is 1. The van der Waals surface area contributed by atoms with Gasteiger partial charge >= 0.3 is 0 Å². The fraction of sp³-hybridized carbons (Fsp3) is 0.458. The highest BCUT2D eigenvalue weighted by molar-refractivity contribution is 7.89. The molecule has 2 unspecified atom stereocenters. The van der Waals surface area contributed by atoms with Crippen LogP contribution in [0.4, 0.5) is 5.69 Å². The summed E-state index contributed by atoms with van der Waals surface area (Å²) in [5.41, 5.74) is 2.68. The second-order valence-electron chi connectivity index (χ2n) is 8.68. The number of fused-ring (bicyclic) bond motifs is 1. The summed E-state index contributed by atoms with van der Waals surface area (Å²) in [5, 5.41) is 3.52. The third kappa shape index (κ3) is 4.95. The van der Waals surface area contributed by atoms with E-state index in [1.807, 2.05) is 0 Å². The Kier molecular flexibility index (Phi) is 7.08. The lowest BCUT2D eigenvalue weighted by Crippen LogP contribution is -2.45.